The molecule has 0 radical (unpaired) electrons. The van der Waals surface area contributed by atoms with Gasteiger partial charge in [-0.1, -0.05) is 25.9 Å². The maximum Gasteiger partial charge on any atom is 0.251 e. The van der Waals surface area contributed by atoms with Gasteiger partial charge in [0.05, 0.1) is 5.75 Å². The zero-order chi connectivity index (χ0) is 13.2. The second-order valence-electron chi connectivity index (χ2n) is 4.92. The van der Waals surface area contributed by atoms with E-state index in [9.17, 15) is 5.21 Å². The Labute approximate surface area is 110 Å². The van der Waals surface area contributed by atoms with Gasteiger partial charge >= 0.3 is 0 Å². The molecule has 0 aliphatic carbocycles. The average Bonchev–Trinajstić information content (AvgIpc) is 2.76. The fraction of sp³-hybridized carbons (Fsp3) is 0.417. The molecule has 0 aliphatic rings. The first-order valence-corrected chi connectivity index (χ1v) is 6.59. The summed E-state index contributed by atoms with van der Waals surface area (Å²) in [6.07, 6.45) is 1.47. The second-order valence-corrected chi connectivity index (χ2v) is 5.91. The minimum atomic E-state index is -0.127. The molecule has 2 aromatic heterocycles. The van der Waals surface area contributed by atoms with E-state index in [1.807, 2.05) is 26.8 Å². The van der Waals surface area contributed by atoms with Crippen molar-refractivity contribution in [2.45, 2.75) is 37.0 Å². The number of hydrogen-bond donors (Lipinski definition) is 0. The van der Waals surface area contributed by atoms with Gasteiger partial charge in [-0.25, -0.2) is 0 Å². The topological polar surface area (TPSA) is 65.9 Å². The lowest BCUT2D eigenvalue weighted by atomic mass is 9.96. The Balaban J connectivity index is 2.03. The molecule has 96 valence electrons. The van der Waals surface area contributed by atoms with Crippen LogP contribution < -0.4 is 4.73 Å². The van der Waals surface area contributed by atoms with Crippen molar-refractivity contribution in [1.82, 2.24) is 10.1 Å². The van der Waals surface area contributed by atoms with Crippen LogP contribution in [0.3, 0.4) is 0 Å². The molecule has 0 aromatic carbocycles. The lowest BCUT2D eigenvalue weighted by molar-refractivity contribution is -0.645. The molecule has 2 rings (SSSR count). The standard InChI is InChI=1S/C12H15N3O2S/c1-12(2,3)11-13-9(17-14-11)8-18-10-6-4-5-7-15(10)16/h4-7H,8H2,1-3H3. The zero-order valence-electron chi connectivity index (χ0n) is 10.6. The van der Waals surface area contributed by atoms with Crippen molar-refractivity contribution in [2.75, 3.05) is 0 Å². The van der Waals surface area contributed by atoms with Crippen LogP contribution in [-0.2, 0) is 11.2 Å². The monoisotopic (exact) mass is 265 g/mol. The maximum absolute atomic E-state index is 11.4. The largest absolute Gasteiger partial charge is 0.618 e. The molecule has 0 amide bonds. The van der Waals surface area contributed by atoms with Crippen molar-refractivity contribution in [1.29, 1.82) is 0 Å². The molecule has 0 atom stereocenters. The molecule has 2 heterocycles. The highest BCUT2D eigenvalue weighted by molar-refractivity contribution is 7.98. The molecule has 0 spiro atoms. The summed E-state index contributed by atoms with van der Waals surface area (Å²) in [4.78, 5) is 4.32. The molecule has 5 nitrogen and oxygen atoms in total. The van der Waals surface area contributed by atoms with Gasteiger partial charge in [0.2, 0.25) is 5.89 Å². The summed E-state index contributed by atoms with van der Waals surface area (Å²) in [6, 6.07) is 5.28. The molecule has 0 N–H and O–H groups in total. The summed E-state index contributed by atoms with van der Waals surface area (Å²) in [7, 11) is 0. The predicted molar refractivity (Wildman–Crippen MR) is 68.0 cm³/mol. The van der Waals surface area contributed by atoms with E-state index < -0.39 is 0 Å². The maximum atomic E-state index is 11.4. The quantitative estimate of drug-likeness (QED) is 0.484. The Hall–Kier alpha value is -1.56. The minimum Gasteiger partial charge on any atom is -0.618 e. The number of hydrogen-bond acceptors (Lipinski definition) is 5. The molecule has 0 aliphatic heterocycles. The molecule has 0 bridgehead atoms. The van der Waals surface area contributed by atoms with E-state index in [0.717, 1.165) is 4.73 Å². The van der Waals surface area contributed by atoms with Gasteiger partial charge in [0.25, 0.3) is 5.03 Å². The highest BCUT2D eigenvalue weighted by Gasteiger charge is 2.21. The first kappa shape index (κ1) is 12.9. The number of aromatic nitrogens is 3. The zero-order valence-corrected chi connectivity index (χ0v) is 11.4. The van der Waals surface area contributed by atoms with Gasteiger partial charge in [-0.15, -0.1) is 0 Å². The van der Waals surface area contributed by atoms with E-state index in [4.69, 9.17) is 4.52 Å². The number of pyridine rings is 1. The third-order valence-electron chi connectivity index (χ3n) is 2.27. The first-order valence-electron chi connectivity index (χ1n) is 5.61. The summed E-state index contributed by atoms with van der Waals surface area (Å²) in [6.45, 7) is 6.08. The van der Waals surface area contributed by atoms with Gasteiger partial charge in [0, 0.05) is 17.5 Å². The Morgan fingerprint density at radius 1 is 1.39 bits per heavy atom. The summed E-state index contributed by atoms with van der Waals surface area (Å²) in [5.41, 5.74) is -0.127. The van der Waals surface area contributed by atoms with Crippen LogP contribution in [0.2, 0.25) is 0 Å². The minimum absolute atomic E-state index is 0.127. The van der Waals surface area contributed by atoms with E-state index in [0.29, 0.717) is 22.5 Å². The Morgan fingerprint density at radius 3 is 2.78 bits per heavy atom. The fourth-order valence-electron chi connectivity index (χ4n) is 1.28. The molecule has 0 fully saturated rings. The fourth-order valence-corrected chi connectivity index (χ4v) is 2.03. The van der Waals surface area contributed by atoms with Crippen molar-refractivity contribution >= 4 is 11.8 Å². The van der Waals surface area contributed by atoms with Crippen LogP contribution >= 0.6 is 11.8 Å². The van der Waals surface area contributed by atoms with E-state index >= 15 is 0 Å². The van der Waals surface area contributed by atoms with Crippen LogP contribution in [-0.4, -0.2) is 10.1 Å². The molecule has 0 saturated heterocycles. The smallest absolute Gasteiger partial charge is 0.251 e. The molecule has 0 unspecified atom stereocenters. The van der Waals surface area contributed by atoms with Gasteiger partial charge in [-0.2, -0.15) is 9.71 Å². The van der Waals surface area contributed by atoms with Crippen molar-refractivity contribution in [2.24, 2.45) is 0 Å². The van der Waals surface area contributed by atoms with Gasteiger partial charge in [-0.3, -0.25) is 0 Å². The average molecular weight is 265 g/mol. The van der Waals surface area contributed by atoms with Crippen LogP contribution in [0.4, 0.5) is 0 Å². The molecular weight excluding hydrogens is 250 g/mol. The van der Waals surface area contributed by atoms with Crippen LogP contribution in [0.1, 0.15) is 32.5 Å². The first-order chi connectivity index (χ1) is 8.47. The molecular formula is C12H15N3O2S. The highest BCUT2D eigenvalue weighted by Crippen LogP contribution is 2.22. The Bertz CT molecular complexity index is 534. The summed E-state index contributed by atoms with van der Waals surface area (Å²) in [5, 5.41) is 16.0. The second kappa shape index (κ2) is 4.97. The molecule has 6 heteroatoms. The van der Waals surface area contributed by atoms with Gasteiger partial charge in [-0.05, 0) is 17.8 Å². The van der Waals surface area contributed by atoms with Gasteiger partial charge < -0.3 is 9.73 Å². The SMILES string of the molecule is CC(C)(C)c1noc(CSc2cccc[n+]2[O-])n1. The van der Waals surface area contributed by atoms with E-state index in [1.165, 1.54) is 18.0 Å². The van der Waals surface area contributed by atoms with Gasteiger partial charge in [0.1, 0.15) is 0 Å². The van der Waals surface area contributed by atoms with Crippen LogP contribution in [0, 0.1) is 5.21 Å². The van der Waals surface area contributed by atoms with Crippen molar-refractivity contribution in [3.05, 3.63) is 41.3 Å². The Kier molecular flexibility index (Phi) is 3.56. The van der Waals surface area contributed by atoms with E-state index in [2.05, 4.69) is 10.1 Å². The van der Waals surface area contributed by atoms with E-state index in [1.54, 1.807) is 12.1 Å². The highest BCUT2D eigenvalue weighted by atomic mass is 32.2. The van der Waals surface area contributed by atoms with Crippen molar-refractivity contribution in [3.63, 3.8) is 0 Å². The van der Waals surface area contributed by atoms with Crippen LogP contribution in [0.15, 0.2) is 33.9 Å². The molecule has 2 aromatic rings. The number of thioether (sulfide) groups is 1. The molecule has 0 saturated carbocycles. The van der Waals surface area contributed by atoms with Gasteiger partial charge in [0.15, 0.2) is 12.0 Å². The Morgan fingerprint density at radius 2 is 2.17 bits per heavy atom. The van der Waals surface area contributed by atoms with Crippen molar-refractivity contribution in [3.8, 4) is 0 Å². The van der Waals surface area contributed by atoms with Crippen LogP contribution in [0.5, 0.6) is 0 Å². The summed E-state index contributed by atoms with van der Waals surface area (Å²) < 4.78 is 5.98. The van der Waals surface area contributed by atoms with Crippen molar-refractivity contribution < 1.29 is 9.25 Å². The number of rotatable bonds is 3. The van der Waals surface area contributed by atoms with E-state index in [-0.39, 0.29) is 5.41 Å². The van der Waals surface area contributed by atoms with Crippen LogP contribution in [0.25, 0.3) is 0 Å². The summed E-state index contributed by atoms with van der Waals surface area (Å²) >= 11 is 1.38. The lowest BCUT2D eigenvalue weighted by Gasteiger charge is -2.10. The summed E-state index contributed by atoms with van der Waals surface area (Å²) in [5.74, 6) is 1.71. The molecule has 18 heavy (non-hydrogen) atoms. The normalized spacial score (nSPS) is 11.7. The predicted octanol–water partition coefficient (Wildman–Crippen LogP) is 2.29. The number of nitrogens with zero attached hydrogens (tertiary/aromatic N) is 3. The lowest BCUT2D eigenvalue weighted by Crippen LogP contribution is -2.27. The third-order valence-corrected chi connectivity index (χ3v) is 3.27. The third kappa shape index (κ3) is 3.01.